The van der Waals surface area contributed by atoms with Crippen LogP contribution in [0.25, 0.3) is 22.0 Å². The molecule has 2 N–H and O–H groups in total. The van der Waals surface area contributed by atoms with Gasteiger partial charge in [0.05, 0.1) is 25.3 Å². The van der Waals surface area contributed by atoms with E-state index in [2.05, 4.69) is 15.3 Å². The Labute approximate surface area is 213 Å². The van der Waals surface area contributed by atoms with Gasteiger partial charge >= 0.3 is 0 Å². The normalized spacial score (nSPS) is 11.9. The molecule has 1 amide bonds. The lowest BCUT2D eigenvalue weighted by Crippen LogP contribution is -2.32. The molecule has 0 saturated heterocycles. The molecule has 0 radical (unpaired) electrons. The van der Waals surface area contributed by atoms with Crippen LogP contribution in [0.4, 0.5) is 8.78 Å². The summed E-state index contributed by atoms with van der Waals surface area (Å²) in [5.41, 5.74) is 4.51. The van der Waals surface area contributed by atoms with Crippen LogP contribution >= 0.6 is 0 Å². The smallest absolute Gasteiger partial charge is 0.225 e. The molecule has 0 aliphatic rings. The average Bonchev–Trinajstić information content (AvgIpc) is 3.29. The predicted octanol–water partition coefficient (Wildman–Crippen LogP) is 6.16. The number of aromatic nitrogens is 2. The Morgan fingerprint density at radius 1 is 1.00 bits per heavy atom. The van der Waals surface area contributed by atoms with Gasteiger partial charge in [-0.1, -0.05) is 36.4 Å². The van der Waals surface area contributed by atoms with Crippen LogP contribution in [0.15, 0.2) is 91.3 Å². The molecule has 0 fully saturated rings. The van der Waals surface area contributed by atoms with Crippen molar-refractivity contribution in [3.63, 3.8) is 0 Å². The largest absolute Gasteiger partial charge is 0.497 e. The van der Waals surface area contributed by atoms with Gasteiger partial charge in [-0.25, -0.2) is 8.78 Å². The molecule has 2 aromatic heterocycles. The molecule has 37 heavy (non-hydrogen) atoms. The standard InChI is InChI=1S/C30H25F2N3O2/c1-37-24-9-10-27-26(17-24)21(18-34-27)15-29(36)35-28(14-19-12-22(31)16-23(32)13-19)30-25(8-5-11-33-30)20-6-3-2-4-7-20/h2-13,16-18,28,34H,14-15H2,1H3,(H,35,36)/t28-/m0/s1. The van der Waals surface area contributed by atoms with Crippen LogP contribution in [0.1, 0.15) is 22.9 Å². The molecule has 5 aromatic rings. The first kappa shape index (κ1) is 24.2. The summed E-state index contributed by atoms with van der Waals surface area (Å²) >= 11 is 0. The molecule has 0 saturated carbocycles. The van der Waals surface area contributed by atoms with Gasteiger partial charge in [0.25, 0.3) is 0 Å². The second-order valence-electron chi connectivity index (χ2n) is 8.81. The van der Waals surface area contributed by atoms with E-state index in [-0.39, 0.29) is 18.7 Å². The van der Waals surface area contributed by atoms with Crippen LogP contribution in [-0.4, -0.2) is 23.0 Å². The number of pyridine rings is 1. The van der Waals surface area contributed by atoms with Crippen LogP contribution in [-0.2, 0) is 17.6 Å². The lowest BCUT2D eigenvalue weighted by molar-refractivity contribution is -0.121. The lowest BCUT2D eigenvalue weighted by atomic mass is 9.95. The number of fused-ring (bicyclic) bond motifs is 1. The Morgan fingerprint density at radius 3 is 2.54 bits per heavy atom. The molecule has 7 heteroatoms. The van der Waals surface area contributed by atoms with E-state index in [1.807, 2.05) is 60.7 Å². The third-order valence-electron chi connectivity index (χ3n) is 6.28. The highest BCUT2D eigenvalue weighted by atomic mass is 19.1. The zero-order chi connectivity index (χ0) is 25.8. The first-order valence-corrected chi connectivity index (χ1v) is 11.9. The number of halogens is 2. The van der Waals surface area contributed by atoms with Crippen LogP contribution in [0, 0.1) is 11.6 Å². The number of nitrogens with zero attached hydrogens (tertiary/aromatic N) is 1. The van der Waals surface area contributed by atoms with Crippen molar-refractivity contribution in [3.05, 3.63) is 120 Å². The van der Waals surface area contributed by atoms with E-state index in [1.165, 1.54) is 12.1 Å². The van der Waals surface area contributed by atoms with E-state index >= 15 is 0 Å². The number of ether oxygens (including phenoxy) is 1. The molecule has 0 bridgehead atoms. The van der Waals surface area contributed by atoms with Gasteiger partial charge < -0.3 is 15.0 Å². The molecular formula is C30H25F2N3O2. The van der Waals surface area contributed by atoms with Crippen LogP contribution in [0.3, 0.4) is 0 Å². The number of nitrogens with one attached hydrogen (secondary N) is 2. The van der Waals surface area contributed by atoms with Gasteiger partial charge in [-0.2, -0.15) is 0 Å². The zero-order valence-corrected chi connectivity index (χ0v) is 20.2. The van der Waals surface area contributed by atoms with E-state index in [4.69, 9.17) is 4.74 Å². The van der Waals surface area contributed by atoms with E-state index in [0.717, 1.165) is 33.7 Å². The maximum Gasteiger partial charge on any atom is 0.225 e. The summed E-state index contributed by atoms with van der Waals surface area (Å²) in [6, 6.07) is 21.8. The molecule has 0 spiro atoms. The summed E-state index contributed by atoms with van der Waals surface area (Å²) in [5.74, 6) is -0.884. The Bertz CT molecular complexity index is 1530. The average molecular weight is 498 g/mol. The Morgan fingerprint density at radius 2 is 1.78 bits per heavy atom. The number of hydrogen-bond donors (Lipinski definition) is 2. The van der Waals surface area contributed by atoms with Crippen LogP contribution in [0.5, 0.6) is 5.75 Å². The predicted molar refractivity (Wildman–Crippen MR) is 139 cm³/mol. The van der Waals surface area contributed by atoms with Crippen LogP contribution < -0.4 is 10.1 Å². The third kappa shape index (κ3) is 5.51. The van der Waals surface area contributed by atoms with Crippen molar-refractivity contribution in [2.24, 2.45) is 0 Å². The second-order valence-corrected chi connectivity index (χ2v) is 8.81. The summed E-state index contributed by atoms with van der Waals surface area (Å²) in [6.45, 7) is 0. The highest BCUT2D eigenvalue weighted by Gasteiger charge is 2.22. The van der Waals surface area contributed by atoms with Gasteiger partial charge in [0.15, 0.2) is 0 Å². The summed E-state index contributed by atoms with van der Waals surface area (Å²) in [6.07, 6.45) is 3.73. The fourth-order valence-electron chi connectivity index (χ4n) is 4.59. The maximum atomic E-state index is 14.0. The van der Waals surface area contributed by atoms with Gasteiger partial charge in [0, 0.05) is 34.9 Å². The molecule has 5 rings (SSSR count). The summed E-state index contributed by atoms with van der Waals surface area (Å²) in [7, 11) is 1.59. The molecule has 0 aliphatic carbocycles. The van der Waals surface area contributed by atoms with E-state index in [1.54, 1.807) is 19.5 Å². The van der Waals surface area contributed by atoms with Crippen molar-refractivity contribution in [1.82, 2.24) is 15.3 Å². The van der Waals surface area contributed by atoms with E-state index in [0.29, 0.717) is 17.0 Å². The Hall–Kier alpha value is -4.52. The van der Waals surface area contributed by atoms with E-state index < -0.39 is 17.7 Å². The first-order valence-electron chi connectivity index (χ1n) is 11.9. The molecular weight excluding hydrogens is 472 g/mol. The van der Waals surface area contributed by atoms with Gasteiger partial charge in [0.2, 0.25) is 5.91 Å². The van der Waals surface area contributed by atoms with E-state index in [9.17, 15) is 13.6 Å². The molecule has 0 aliphatic heterocycles. The fraction of sp³-hybridized carbons (Fsp3) is 0.133. The zero-order valence-electron chi connectivity index (χ0n) is 20.2. The van der Waals surface area contributed by atoms with Gasteiger partial charge in [-0.3, -0.25) is 9.78 Å². The second kappa shape index (κ2) is 10.6. The van der Waals surface area contributed by atoms with Crippen molar-refractivity contribution >= 4 is 16.8 Å². The third-order valence-corrected chi connectivity index (χ3v) is 6.28. The molecule has 2 heterocycles. The SMILES string of the molecule is COc1ccc2[nH]cc(CC(=O)N[C@@H](Cc3cc(F)cc(F)c3)c3ncccc3-c3ccccc3)c2c1. The number of aromatic amines is 1. The maximum absolute atomic E-state index is 14.0. The highest BCUT2D eigenvalue weighted by Crippen LogP contribution is 2.29. The number of carbonyl (C=O) groups is 1. The number of benzene rings is 3. The quantitative estimate of drug-likeness (QED) is 0.270. The van der Waals surface area contributed by atoms with Gasteiger partial charge in [-0.15, -0.1) is 0 Å². The van der Waals surface area contributed by atoms with Crippen molar-refractivity contribution in [2.45, 2.75) is 18.9 Å². The van der Waals surface area contributed by atoms with Gasteiger partial charge in [0.1, 0.15) is 17.4 Å². The topological polar surface area (TPSA) is 67.0 Å². The summed E-state index contributed by atoms with van der Waals surface area (Å²) in [4.78, 5) is 21.1. The van der Waals surface area contributed by atoms with Crippen LogP contribution in [0.2, 0.25) is 0 Å². The Kier molecular flexibility index (Phi) is 6.94. The molecule has 1 atom stereocenters. The van der Waals surface area contributed by atoms with Crippen molar-refractivity contribution < 1.29 is 18.3 Å². The Balaban J connectivity index is 1.48. The van der Waals surface area contributed by atoms with Crippen molar-refractivity contribution in [2.75, 3.05) is 7.11 Å². The number of rotatable bonds is 8. The first-order chi connectivity index (χ1) is 18.0. The number of amides is 1. The molecule has 186 valence electrons. The monoisotopic (exact) mass is 497 g/mol. The number of hydrogen-bond acceptors (Lipinski definition) is 3. The highest BCUT2D eigenvalue weighted by molar-refractivity contribution is 5.90. The van der Waals surface area contributed by atoms with Gasteiger partial charge in [-0.05, 0) is 59.5 Å². The summed E-state index contributed by atoms with van der Waals surface area (Å²) in [5, 5.41) is 3.96. The number of carbonyl (C=O) groups excluding carboxylic acids is 1. The molecule has 3 aromatic carbocycles. The minimum absolute atomic E-state index is 0.106. The number of H-pyrrole nitrogens is 1. The van der Waals surface area contributed by atoms with Crippen molar-refractivity contribution in [1.29, 1.82) is 0 Å². The minimum atomic E-state index is -0.669. The number of methoxy groups -OCH3 is 1. The summed E-state index contributed by atoms with van der Waals surface area (Å²) < 4.78 is 33.3. The minimum Gasteiger partial charge on any atom is -0.497 e. The molecule has 0 unspecified atom stereocenters. The molecule has 5 nitrogen and oxygen atoms in total. The lowest BCUT2D eigenvalue weighted by Gasteiger charge is -2.21. The van der Waals surface area contributed by atoms with Crippen molar-refractivity contribution in [3.8, 4) is 16.9 Å². The fourth-order valence-corrected chi connectivity index (χ4v) is 4.59.